The Labute approximate surface area is 299 Å². The zero-order valence-electron chi connectivity index (χ0n) is 28.7. The van der Waals surface area contributed by atoms with Crippen LogP contribution in [0.1, 0.15) is 219 Å². The van der Waals surface area contributed by atoms with Gasteiger partial charge in [0.05, 0.1) is 0 Å². The van der Waals surface area contributed by atoms with Crippen LogP contribution < -0.4 is 10.2 Å². The molecule has 256 valence electrons. The van der Waals surface area contributed by atoms with Crippen molar-refractivity contribution < 1.29 is 70.3 Å². The number of carboxylic acid groups (broad SMARTS) is 2. The average molecular weight is 890 g/mol. The van der Waals surface area contributed by atoms with E-state index >= 15 is 0 Å². The molecule has 0 fully saturated rings. The Balaban J connectivity index is -0.000000327. The van der Waals surface area contributed by atoms with Crippen molar-refractivity contribution in [3.8, 4) is 0 Å². The van der Waals surface area contributed by atoms with Crippen molar-refractivity contribution in [3.05, 3.63) is 0 Å². The first kappa shape index (κ1) is 50.2. The molecule has 0 radical (unpaired) electrons. The summed E-state index contributed by atoms with van der Waals surface area (Å²) in [5, 5.41) is 20.4. The van der Waals surface area contributed by atoms with Gasteiger partial charge in [-0.3, -0.25) is 0 Å². The van der Waals surface area contributed by atoms with E-state index in [1.165, 1.54) is 167 Å². The number of carbonyl (C=O) groups excluding carboxylic acids is 2. The van der Waals surface area contributed by atoms with Gasteiger partial charge in [-0.05, 0) is 25.7 Å². The standard InChI is InChI=1S/2C18H36O2.Cd.O.Pt/c2*1-2-3-4-5-6-7-8-9-10-11-12-13-14-15-16-17-18(19)20;;;/h2*2-17H2,1H3,(H,19,20);;;/q;;+2;;/p-2. The second kappa shape index (κ2) is 49.2. The van der Waals surface area contributed by atoms with E-state index in [-0.39, 0.29) is 40.1 Å². The molecule has 0 aliphatic heterocycles. The number of carboxylic acids is 2. The number of hydrogen-bond acceptors (Lipinski definition) is 5. The average Bonchev–Trinajstić information content (AvgIpc) is 2.98. The molecule has 0 rings (SSSR count). The van der Waals surface area contributed by atoms with Gasteiger partial charge in [-0.2, -0.15) is 0 Å². The Morgan fingerprint density at radius 3 is 0.628 bits per heavy atom. The van der Waals surface area contributed by atoms with Crippen molar-refractivity contribution in [2.24, 2.45) is 0 Å². The fourth-order valence-electron chi connectivity index (χ4n) is 5.28. The molecule has 0 atom stereocenters. The number of aliphatic carboxylic acids is 2. The van der Waals surface area contributed by atoms with Gasteiger partial charge in [-0.1, -0.05) is 194 Å². The molecule has 0 aromatic rings. The number of rotatable bonds is 32. The van der Waals surface area contributed by atoms with Crippen molar-refractivity contribution in [2.75, 3.05) is 0 Å². The molecule has 0 aliphatic carbocycles. The maximum absolute atomic E-state index is 10.2. The number of carbonyl (C=O) groups is 2. The van der Waals surface area contributed by atoms with Gasteiger partial charge in [-0.25, -0.2) is 0 Å². The molecule has 0 aromatic carbocycles. The van der Waals surface area contributed by atoms with Gasteiger partial charge in [0, 0.05) is 11.9 Å². The first-order valence-electron chi connectivity index (χ1n) is 18.1. The van der Waals surface area contributed by atoms with Gasteiger partial charge in [0.1, 0.15) is 0 Å². The molecule has 7 heteroatoms. The molecule has 0 aliphatic rings. The Bertz CT molecular complexity index is 478. The minimum atomic E-state index is -0.903. The van der Waals surface area contributed by atoms with Crippen LogP contribution in [0.25, 0.3) is 0 Å². The third kappa shape index (κ3) is 58.4. The predicted octanol–water partition coefficient (Wildman–Crippen LogP) is 9.87. The fourth-order valence-corrected chi connectivity index (χ4v) is 5.28. The molecule has 0 N–H and O–H groups in total. The summed E-state index contributed by atoms with van der Waals surface area (Å²) in [5.74, 6) is -1.81. The first-order valence-corrected chi connectivity index (χ1v) is 19.0. The van der Waals surface area contributed by atoms with Crippen LogP contribution in [0.15, 0.2) is 0 Å². The van der Waals surface area contributed by atoms with E-state index < -0.39 is 11.9 Å². The van der Waals surface area contributed by atoms with Crippen LogP contribution in [0.2, 0.25) is 0 Å². The third-order valence-corrected chi connectivity index (χ3v) is 7.97. The van der Waals surface area contributed by atoms with Crippen LogP contribution in [0, 0.1) is 0 Å². The van der Waals surface area contributed by atoms with Gasteiger partial charge in [0.2, 0.25) is 0 Å². The van der Waals surface area contributed by atoms with E-state index in [4.69, 9.17) is 3.40 Å². The summed E-state index contributed by atoms with van der Waals surface area (Å²) in [6.07, 6.45) is 39.7. The SMILES string of the molecule is CCCCCCCCCCCCCCCCCC(=O)[O-].CCCCCCCCCCCCCCCCCC(=O)[O-].[Cd+2].[O]=[Pt]. The van der Waals surface area contributed by atoms with Crippen molar-refractivity contribution in [1.82, 2.24) is 0 Å². The van der Waals surface area contributed by atoms with Gasteiger partial charge in [0.25, 0.3) is 0 Å². The van der Waals surface area contributed by atoms with Gasteiger partial charge in [-0.15, -0.1) is 0 Å². The Morgan fingerprint density at radius 2 is 0.488 bits per heavy atom. The van der Waals surface area contributed by atoms with Gasteiger partial charge < -0.3 is 19.8 Å². The molecule has 0 saturated carbocycles. The molecule has 0 heterocycles. The molecular weight excluding hydrogens is 820 g/mol. The van der Waals surface area contributed by atoms with Crippen LogP contribution in [0.5, 0.6) is 0 Å². The van der Waals surface area contributed by atoms with Crippen molar-refractivity contribution in [3.63, 3.8) is 0 Å². The molecule has 43 heavy (non-hydrogen) atoms. The molecule has 0 aromatic heterocycles. The summed E-state index contributed by atoms with van der Waals surface area (Å²) in [4.78, 5) is 20.4. The molecule has 0 unspecified atom stereocenters. The van der Waals surface area contributed by atoms with E-state index in [1.54, 1.807) is 0 Å². The number of unbranched alkanes of at least 4 members (excludes halogenated alkanes) is 28. The first-order chi connectivity index (χ1) is 20.5. The summed E-state index contributed by atoms with van der Waals surface area (Å²) >= 11 is 0.889. The van der Waals surface area contributed by atoms with E-state index in [0.717, 1.165) is 45.5 Å². The molecular formula is C36H70CdO5Pt. The van der Waals surface area contributed by atoms with E-state index in [2.05, 4.69) is 13.8 Å². The van der Waals surface area contributed by atoms with Crippen LogP contribution in [0.4, 0.5) is 0 Å². The zero-order valence-corrected chi connectivity index (χ0v) is 35.0. The summed E-state index contributed by atoms with van der Waals surface area (Å²) in [6, 6.07) is 0. The van der Waals surface area contributed by atoms with Gasteiger partial charge in [0.15, 0.2) is 0 Å². The van der Waals surface area contributed by atoms with E-state index in [1.807, 2.05) is 0 Å². The monoisotopic (exact) mass is 891 g/mol. The van der Waals surface area contributed by atoms with Crippen LogP contribution >= 0.6 is 0 Å². The van der Waals surface area contributed by atoms with Crippen molar-refractivity contribution >= 4 is 11.9 Å². The summed E-state index contributed by atoms with van der Waals surface area (Å²) in [7, 11) is 0. The second-order valence-corrected chi connectivity index (χ2v) is 12.1. The molecule has 0 bridgehead atoms. The van der Waals surface area contributed by atoms with Crippen LogP contribution in [-0.4, -0.2) is 11.9 Å². The molecule has 5 nitrogen and oxygen atoms in total. The molecule has 0 saturated heterocycles. The Kier molecular flexibility index (Phi) is 57.5. The summed E-state index contributed by atoms with van der Waals surface area (Å²) < 4.78 is 8.22. The summed E-state index contributed by atoms with van der Waals surface area (Å²) in [6.45, 7) is 4.53. The van der Waals surface area contributed by atoms with E-state index in [0.29, 0.717) is 0 Å². The van der Waals surface area contributed by atoms with E-state index in [9.17, 15) is 19.8 Å². The van der Waals surface area contributed by atoms with Crippen molar-refractivity contribution in [2.45, 2.75) is 219 Å². The Morgan fingerprint density at radius 1 is 0.349 bits per heavy atom. The third-order valence-electron chi connectivity index (χ3n) is 7.97. The fraction of sp³-hybridized carbons (Fsp3) is 0.944. The molecule has 0 spiro atoms. The minimum absolute atomic E-state index is 0. The summed E-state index contributed by atoms with van der Waals surface area (Å²) in [5.41, 5.74) is 0. The van der Waals surface area contributed by atoms with Crippen molar-refractivity contribution in [1.29, 1.82) is 0 Å². The topological polar surface area (TPSA) is 97.3 Å². The predicted molar refractivity (Wildman–Crippen MR) is 170 cm³/mol. The molecule has 0 amide bonds. The number of hydrogen-bond donors (Lipinski definition) is 0. The second-order valence-electron chi connectivity index (χ2n) is 12.1. The van der Waals surface area contributed by atoms with Crippen LogP contribution in [-0.2, 0) is 60.1 Å². The Hall–Kier alpha value is 0.350. The maximum atomic E-state index is 10.2. The zero-order chi connectivity index (χ0) is 31.8. The normalized spacial score (nSPS) is 10.2. The van der Waals surface area contributed by atoms with Gasteiger partial charge >= 0.3 is 50.5 Å². The van der Waals surface area contributed by atoms with Crippen LogP contribution in [0.3, 0.4) is 0 Å². The quantitative estimate of drug-likeness (QED) is 0.0495.